The van der Waals surface area contributed by atoms with E-state index in [0.29, 0.717) is 6.04 Å². The Labute approximate surface area is 118 Å². The first-order valence-corrected chi connectivity index (χ1v) is 7.49. The SMILES string of the molecule is CCNc1ncnc(NC(CC)c2cccs2)c1C. The second kappa shape index (κ2) is 6.52. The normalized spacial score (nSPS) is 12.2. The number of aromatic nitrogens is 2. The van der Waals surface area contributed by atoms with Gasteiger partial charge < -0.3 is 10.6 Å². The van der Waals surface area contributed by atoms with Crippen LogP contribution in [0, 0.1) is 6.92 Å². The summed E-state index contributed by atoms with van der Waals surface area (Å²) in [5.41, 5.74) is 1.07. The number of thiophene rings is 1. The average Bonchev–Trinajstić information content (AvgIpc) is 2.94. The molecule has 1 unspecified atom stereocenters. The van der Waals surface area contributed by atoms with Crippen LogP contribution in [-0.4, -0.2) is 16.5 Å². The van der Waals surface area contributed by atoms with Crippen molar-refractivity contribution >= 4 is 23.0 Å². The van der Waals surface area contributed by atoms with Crippen molar-refractivity contribution < 1.29 is 0 Å². The highest BCUT2D eigenvalue weighted by Crippen LogP contribution is 2.28. The van der Waals surface area contributed by atoms with Gasteiger partial charge in [0.1, 0.15) is 18.0 Å². The van der Waals surface area contributed by atoms with E-state index in [1.807, 2.05) is 6.92 Å². The monoisotopic (exact) mass is 276 g/mol. The van der Waals surface area contributed by atoms with Crippen LogP contribution in [0.1, 0.15) is 36.8 Å². The molecule has 19 heavy (non-hydrogen) atoms. The largest absolute Gasteiger partial charge is 0.370 e. The lowest BCUT2D eigenvalue weighted by molar-refractivity contribution is 0.756. The van der Waals surface area contributed by atoms with Crippen LogP contribution < -0.4 is 10.6 Å². The molecular weight excluding hydrogens is 256 g/mol. The first kappa shape index (κ1) is 13.8. The van der Waals surface area contributed by atoms with E-state index in [2.05, 4.69) is 52.0 Å². The topological polar surface area (TPSA) is 49.8 Å². The molecule has 0 fully saturated rings. The summed E-state index contributed by atoms with van der Waals surface area (Å²) in [5, 5.41) is 8.88. The van der Waals surface area contributed by atoms with Crippen molar-refractivity contribution in [1.82, 2.24) is 9.97 Å². The smallest absolute Gasteiger partial charge is 0.134 e. The quantitative estimate of drug-likeness (QED) is 0.841. The van der Waals surface area contributed by atoms with E-state index >= 15 is 0 Å². The second-order valence-electron chi connectivity index (χ2n) is 4.35. The Balaban J connectivity index is 2.20. The molecule has 2 aromatic rings. The molecule has 2 N–H and O–H groups in total. The number of hydrogen-bond donors (Lipinski definition) is 2. The van der Waals surface area contributed by atoms with Crippen LogP contribution in [-0.2, 0) is 0 Å². The van der Waals surface area contributed by atoms with Gasteiger partial charge in [-0.2, -0.15) is 0 Å². The summed E-state index contributed by atoms with van der Waals surface area (Å²) in [4.78, 5) is 9.96. The molecule has 0 radical (unpaired) electrons. The first-order chi connectivity index (χ1) is 9.26. The standard InChI is InChI=1S/C14H20N4S/c1-4-11(12-7-6-8-19-12)18-14-10(3)13(15-5-2)16-9-17-14/h6-9,11H,4-5H2,1-3H3,(H2,15,16,17,18). The van der Waals surface area contributed by atoms with Gasteiger partial charge in [0.2, 0.25) is 0 Å². The van der Waals surface area contributed by atoms with Crippen molar-refractivity contribution in [3.05, 3.63) is 34.3 Å². The molecule has 5 heteroatoms. The number of nitrogens with one attached hydrogen (secondary N) is 2. The van der Waals surface area contributed by atoms with Gasteiger partial charge in [0, 0.05) is 17.0 Å². The van der Waals surface area contributed by atoms with Gasteiger partial charge in [-0.1, -0.05) is 13.0 Å². The molecule has 0 spiro atoms. The first-order valence-electron chi connectivity index (χ1n) is 6.61. The number of rotatable bonds is 6. The van der Waals surface area contributed by atoms with Crippen molar-refractivity contribution in [3.8, 4) is 0 Å². The van der Waals surface area contributed by atoms with Gasteiger partial charge in [0.15, 0.2) is 0 Å². The van der Waals surface area contributed by atoms with Crippen molar-refractivity contribution in [1.29, 1.82) is 0 Å². The van der Waals surface area contributed by atoms with Gasteiger partial charge in [-0.15, -0.1) is 11.3 Å². The van der Waals surface area contributed by atoms with E-state index in [4.69, 9.17) is 0 Å². The third kappa shape index (κ3) is 3.23. The fraction of sp³-hybridized carbons (Fsp3) is 0.429. The molecule has 0 aliphatic carbocycles. The Morgan fingerprint density at radius 1 is 1.26 bits per heavy atom. The predicted molar refractivity (Wildman–Crippen MR) is 81.9 cm³/mol. The Kier molecular flexibility index (Phi) is 4.74. The summed E-state index contributed by atoms with van der Waals surface area (Å²) in [6.45, 7) is 7.15. The highest BCUT2D eigenvalue weighted by molar-refractivity contribution is 7.10. The number of nitrogens with zero attached hydrogens (tertiary/aromatic N) is 2. The van der Waals surface area contributed by atoms with E-state index < -0.39 is 0 Å². The van der Waals surface area contributed by atoms with Crippen LogP contribution in [0.15, 0.2) is 23.8 Å². The molecule has 2 heterocycles. The van der Waals surface area contributed by atoms with Crippen LogP contribution in [0.4, 0.5) is 11.6 Å². The zero-order chi connectivity index (χ0) is 13.7. The van der Waals surface area contributed by atoms with Crippen molar-refractivity contribution in [2.75, 3.05) is 17.2 Å². The maximum absolute atomic E-state index is 4.36. The molecule has 2 aromatic heterocycles. The number of anilines is 2. The van der Waals surface area contributed by atoms with E-state index in [-0.39, 0.29) is 0 Å². The van der Waals surface area contributed by atoms with Gasteiger partial charge >= 0.3 is 0 Å². The maximum atomic E-state index is 4.36. The summed E-state index contributed by atoms with van der Waals surface area (Å²) in [7, 11) is 0. The fourth-order valence-corrected chi connectivity index (χ4v) is 2.83. The number of hydrogen-bond acceptors (Lipinski definition) is 5. The molecular formula is C14H20N4S. The van der Waals surface area contributed by atoms with E-state index in [1.54, 1.807) is 17.7 Å². The van der Waals surface area contributed by atoms with Crippen LogP contribution >= 0.6 is 11.3 Å². The Morgan fingerprint density at radius 3 is 2.68 bits per heavy atom. The van der Waals surface area contributed by atoms with Gasteiger partial charge in [-0.3, -0.25) is 0 Å². The summed E-state index contributed by atoms with van der Waals surface area (Å²) in [6, 6.07) is 4.55. The Hall–Kier alpha value is -1.62. The van der Waals surface area contributed by atoms with Crippen LogP contribution in [0.5, 0.6) is 0 Å². The molecule has 0 aliphatic heterocycles. The minimum Gasteiger partial charge on any atom is -0.370 e. The summed E-state index contributed by atoms with van der Waals surface area (Å²) < 4.78 is 0. The third-order valence-electron chi connectivity index (χ3n) is 3.03. The predicted octanol–water partition coefficient (Wildman–Crippen LogP) is 3.84. The average molecular weight is 276 g/mol. The van der Waals surface area contributed by atoms with Crippen molar-refractivity contribution in [2.45, 2.75) is 33.2 Å². The highest BCUT2D eigenvalue weighted by atomic mass is 32.1. The Morgan fingerprint density at radius 2 is 2.05 bits per heavy atom. The fourth-order valence-electron chi connectivity index (χ4n) is 1.97. The van der Waals surface area contributed by atoms with E-state index in [9.17, 15) is 0 Å². The van der Waals surface area contributed by atoms with E-state index in [1.165, 1.54) is 4.88 Å². The van der Waals surface area contributed by atoms with Crippen molar-refractivity contribution in [2.24, 2.45) is 0 Å². The van der Waals surface area contributed by atoms with E-state index in [0.717, 1.165) is 30.2 Å². The second-order valence-corrected chi connectivity index (χ2v) is 5.33. The molecule has 1 atom stereocenters. The lowest BCUT2D eigenvalue weighted by Gasteiger charge is -2.18. The lowest BCUT2D eigenvalue weighted by Crippen LogP contribution is -2.12. The van der Waals surface area contributed by atoms with Crippen LogP contribution in [0.3, 0.4) is 0 Å². The zero-order valence-electron chi connectivity index (χ0n) is 11.6. The molecule has 0 saturated carbocycles. The minimum absolute atomic E-state index is 0.308. The minimum atomic E-state index is 0.308. The van der Waals surface area contributed by atoms with Gasteiger partial charge in [-0.25, -0.2) is 9.97 Å². The van der Waals surface area contributed by atoms with Gasteiger partial charge in [0.05, 0.1) is 6.04 Å². The lowest BCUT2D eigenvalue weighted by atomic mass is 10.2. The Bertz CT molecular complexity index is 510. The molecule has 102 valence electrons. The maximum Gasteiger partial charge on any atom is 0.134 e. The molecule has 0 aliphatic rings. The van der Waals surface area contributed by atoms with Crippen LogP contribution in [0.25, 0.3) is 0 Å². The van der Waals surface area contributed by atoms with Gasteiger partial charge in [-0.05, 0) is 31.7 Å². The molecule has 0 bridgehead atoms. The molecule has 0 aromatic carbocycles. The summed E-state index contributed by atoms with van der Waals surface area (Å²) in [6.07, 6.45) is 2.63. The molecule has 0 amide bonds. The zero-order valence-corrected chi connectivity index (χ0v) is 12.4. The molecule has 4 nitrogen and oxygen atoms in total. The van der Waals surface area contributed by atoms with Crippen LogP contribution in [0.2, 0.25) is 0 Å². The van der Waals surface area contributed by atoms with Gasteiger partial charge in [0.25, 0.3) is 0 Å². The van der Waals surface area contributed by atoms with Crippen molar-refractivity contribution in [3.63, 3.8) is 0 Å². The summed E-state index contributed by atoms with van der Waals surface area (Å²) >= 11 is 1.77. The highest BCUT2D eigenvalue weighted by Gasteiger charge is 2.13. The third-order valence-corrected chi connectivity index (χ3v) is 4.02. The summed E-state index contributed by atoms with van der Waals surface area (Å²) in [5.74, 6) is 1.81. The molecule has 0 saturated heterocycles. The molecule has 2 rings (SSSR count).